The van der Waals surface area contributed by atoms with Crippen LogP contribution in [0.3, 0.4) is 0 Å². The Morgan fingerprint density at radius 3 is 2.70 bits per heavy atom. The second kappa shape index (κ2) is 10.9. The number of fused-ring (bicyclic) bond motifs is 1. The molecule has 178 valence electrons. The van der Waals surface area contributed by atoms with Crippen LogP contribution in [0.4, 0.5) is 9.52 Å². The number of amides is 1. The molecule has 1 amide bonds. The Morgan fingerprint density at radius 1 is 1.21 bits per heavy atom. The van der Waals surface area contributed by atoms with E-state index < -0.39 is 9.84 Å². The van der Waals surface area contributed by atoms with E-state index in [1.807, 2.05) is 0 Å². The number of thiazole rings is 1. The van der Waals surface area contributed by atoms with Crippen LogP contribution in [-0.4, -0.2) is 69.9 Å². The molecule has 2 aromatic carbocycles. The lowest BCUT2D eigenvalue weighted by atomic mass is 10.2. The molecule has 0 unspecified atom stereocenters. The van der Waals surface area contributed by atoms with Crippen LogP contribution in [0, 0.1) is 5.82 Å². The van der Waals surface area contributed by atoms with Crippen molar-refractivity contribution in [2.75, 3.05) is 50.5 Å². The Morgan fingerprint density at radius 2 is 1.97 bits per heavy atom. The van der Waals surface area contributed by atoms with Gasteiger partial charge < -0.3 is 4.74 Å². The number of ether oxygens (including phenoxy) is 1. The molecule has 7 nitrogen and oxygen atoms in total. The van der Waals surface area contributed by atoms with Crippen molar-refractivity contribution < 1.29 is 22.3 Å². The van der Waals surface area contributed by atoms with Gasteiger partial charge in [0, 0.05) is 38.0 Å². The first-order valence-electron chi connectivity index (χ1n) is 10.3. The van der Waals surface area contributed by atoms with Crippen molar-refractivity contribution in [2.24, 2.45) is 0 Å². The van der Waals surface area contributed by atoms with Crippen LogP contribution in [0.25, 0.3) is 10.2 Å². The van der Waals surface area contributed by atoms with E-state index in [2.05, 4.69) is 9.88 Å². The predicted octanol–water partition coefficient (Wildman–Crippen LogP) is 3.63. The Labute approximate surface area is 202 Å². The molecule has 4 rings (SSSR count). The van der Waals surface area contributed by atoms with Crippen molar-refractivity contribution in [3.8, 4) is 0 Å². The van der Waals surface area contributed by atoms with Gasteiger partial charge in [0.2, 0.25) is 0 Å². The van der Waals surface area contributed by atoms with E-state index in [1.54, 1.807) is 23.1 Å². The number of aromatic nitrogens is 1. The Kier molecular flexibility index (Phi) is 8.41. The zero-order chi connectivity index (χ0) is 22.7. The molecule has 0 bridgehead atoms. The highest BCUT2D eigenvalue weighted by atomic mass is 35.5. The van der Waals surface area contributed by atoms with Gasteiger partial charge in [0.05, 0.1) is 28.3 Å². The third-order valence-electron chi connectivity index (χ3n) is 5.28. The van der Waals surface area contributed by atoms with Crippen molar-refractivity contribution in [3.63, 3.8) is 0 Å². The molecule has 11 heteroatoms. The summed E-state index contributed by atoms with van der Waals surface area (Å²) in [5, 5.41) is 0.460. The number of carbonyl (C=O) groups excluding carboxylic acids is 1. The molecule has 0 atom stereocenters. The van der Waals surface area contributed by atoms with E-state index in [1.165, 1.54) is 35.6 Å². The molecule has 0 aliphatic carbocycles. The topological polar surface area (TPSA) is 79.8 Å². The average Bonchev–Trinajstić information content (AvgIpc) is 3.19. The average molecular weight is 514 g/mol. The summed E-state index contributed by atoms with van der Waals surface area (Å²) < 4.78 is 43.6. The first-order chi connectivity index (χ1) is 15.3. The van der Waals surface area contributed by atoms with Crippen LogP contribution in [0.1, 0.15) is 16.8 Å². The number of morpholine rings is 1. The number of halogens is 2. The standard InChI is InChI=1S/C22H24FN3O4S2.ClH/c1-32(28,29)18-5-2-4-16(14-18)21(27)26(9-3-8-25-10-12-30-13-11-25)22-24-19-7-6-17(23)15-20(19)31-22;/h2,4-7,14-15H,3,8-13H2,1H3;1H. The zero-order valence-corrected chi connectivity index (χ0v) is 20.5. The summed E-state index contributed by atoms with van der Waals surface area (Å²) in [6.07, 6.45) is 1.82. The van der Waals surface area contributed by atoms with Crippen LogP contribution in [-0.2, 0) is 14.6 Å². The summed E-state index contributed by atoms with van der Waals surface area (Å²) in [7, 11) is -3.45. The van der Waals surface area contributed by atoms with Gasteiger partial charge in [-0.25, -0.2) is 17.8 Å². The molecule has 0 spiro atoms. The number of hydrogen-bond donors (Lipinski definition) is 0. The molecular weight excluding hydrogens is 489 g/mol. The molecular formula is C22H25ClFN3O4S2. The third-order valence-corrected chi connectivity index (χ3v) is 7.44. The number of rotatable bonds is 7. The van der Waals surface area contributed by atoms with Gasteiger partial charge >= 0.3 is 0 Å². The smallest absolute Gasteiger partial charge is 0.260 e. The molecule has 1 fully saturated rings. The van der Waals surface area contributed by atoms with E-state index in [-0.39, 0.29) is 34.6 Å². The lowest BCUT2D eigenvalue weighted by molar-refractivity contribution is 0.0376. The van der Waals surface area contributed by atoms with Gasteiger partial charge in [0.25, 0.3) is 5.91 Å². The fourth-order valence-electron chi connectivity index (χ4n) is 3.58. The van der Waals surface area contributed by atoms with E-state index in [9.17, 15) is 17.6 Å². The SMILES string of the molecule is CS(=O)(=O)c1cccc(C(=O)N(CCCN2CCOCC2)c2nc3ccc(F)cc3s2)c1.Cl. The summed E-state index contributed by atoms with van der Waals surface area (Å²) in [6, 6.07) is 10.3. The van der Waals surface area contributed by atoms with Crippen molar-refractivity contribution >= 4 is 54.8 Å². The van der Waals surface area contributed by atoms with Crippen LogP contribution >= 0.6 is 23.7 Å². The molecule has 0 radical (unpaired) electrons. The van der Waals surface area contributed by atoms with Gasteiger partial charge in [0.15, 0.2) is 15.0 Å². The zero-order valence-electron chi connectivity index (χ0n) is 18.1. The number of sulfone groups is 1. The monoisotopic (exact) mass is 513 g/mol. The summed E-state index contributed by atoms with van der Waals surface area (Å²) in [4.78, 5) is 21.9. The molecule has 3 aromatic rings. The van der Waals surface area contributed by atoms with Gasteiger partial charge in [-0.3, -0.25) is 14.6 Å². The fraction of sp³-hybridized carbons (Fsp3) is 0.364. The number of benzene rings is 2. The van der Waals surface area contributed by atoms with Gasteiger partial charge in [-0.05, 0) is 42.8 Å². The second-order valence-corrected chi connectivity index (χ2v) is 10.7. The number of carbonyl (C=O) groups is 1. The Bertz CT molecular complexity index is 1230. The number of nitrogens with zero attached hydrogens (tertiary/aromatic N) is 3. The van der Waals surface area contributed by atoms with Crippen molar-refractivity contribution in [1.82, 2.24) is 9.88 Å². The van der Waals surface area contributed by atoms with Crippen LogP contribution in [0.15, 0.2) is 47.4 Å². The van der Waals surface area contributed by atoms with E-state index in [0.29, 0.717) is 41.5 Å². The van der Waals surface area contributed by atoms with E-state index in [4.69, 9.17) is 4.74 Å². The summed E-state index contributed by atoms with van der Waals surface area (Å²) in [5.41, 5.74) is 0.881. The highest BCUT2D eigenvalue weighted by Gasteiger charge is 2.23. The maximum absolute atomic E-state index is 13.7. The van der Waals surface area contributed by atoms with Gasteiger partial charge in [-0.15, -0.1) is 12.4 Å². The number of anilines is 1. The lowest BCUT2D eigenvalue weighted by Gasteiger charge is -2.27. The van der Waals surface area contributed by atoms with Gasteiger partial charge in [-0.1, -0.05) is 17.4 Å². The van der Waals surface area contributed by atoms with Gasteiger partial charge in [0.1, 0.15) is 5.82 Å². The molecule has 0 saturated carbocycles. The van der Waals surface area contributed by atoms with Crippen molar-refractivity contribution in [1.29, 1.82) is 0 Å². The number of hydrogen-bond acceptors (Lipinski definition) is 7. The Balaban J connectivity index is 0.00000306. The maximum atomic E-state index is 13.7. The molecule has 1 saturated heterocycles. The summed E-state index contributed by atoms with van der Waals surface area (Å²) >= 11 is 1.24. The van der Waals surface area contributed by atoms with Crippen LogP contribution in [0.5, 0.6) is 0 Å². The summed E-state index contributed by atoms with van der Waals surface area (Å²) in [5.74, 6) is -0.698. The van der Waals surface area contributed by atoms with Gasteiger partial charge in [-0.2, -0.15) is 0 Å². The molecule has 1 aliphatic heterocycles. The minimum absolute atomic E-state index is 0. The quantitative estimate of drug-likeness (QED) is 0.480. The van der Waals surface area contributed by atoms with E-state index in [0.717, 1.165) is 25.9 Å². The first kappa shape index (κ1) is 25.5. The van der Waals surface area contributed by atoms with Crippen LogP contribution < -0.4 is 4.90 Å². The minimum Gasteiger partial charge on any atom is -0.379 e. The second-order valence-electron chi connectivity index (χ2n) is 7.67. The highest BCUT2D eigenvalue weighted by molar-refractivity contribution is 7.90. The third kappa shape index (κ3) is 6.27. The maximum Gasteiger partial charge on any atom is 0.260 e. The lowest BCUT2D eigenvalue weighted by Crippen LogP contribution is -2.39. The largest absolute Gasteiger partial charge is 0.379 e. The predicted molar refractivity (Wildman–Crippen MR) is 130 cm³/mol. The molecule has 33 heavy (non-hydrogen) atoms. The molecule has 0 N–H and O–H groups in total. The fourth-order valence-corrected chi connectivity index (χ4v) is 5.26. The van der Waals surface area contributed by atoms with Crippen molar-refractivity contribution in [3.05, 3.63) is 53.8 Å². The first-order valence-corrected chi connectivity index (χ1v) is 13.0. The highest BCUT2D eigenvalue weighted by Crippen LogP contribution is 2.30. The summed E-state index contributed by atoms with van der Waals surface area (Å²) in [6.45, 7) is 4.31. The van der Waals surface area contributed by atoms with E-state index >= 15 is 0 Å². The minimum atomic E-state index is -3.45. The normalized spacial score (nSPS) is 14.7. The van der Waals surface area contributed by atoms with Crippen LogP contribution in [0.2, 0.25) is 0 Å². The van der Waals surface area contributed by atoms with Crippen molar-refractivity contribution in [2.45, 2.75) is 11.3 Å². The molecule has 1 aliphatic rings. The molecule has 2 heterocycles. The molecule has 1 aromatic heterocycles. The Hall–Kier alpha value is -2.11.